The molecule has 0 bridgehead atoms. The molecule has 3 heteroatoms. The lowest BCUT2D eigenvalue weighted by atomic mass is 10.2. The first-order valence-electron chi connectivity index (χ1n) is 3.29. The van der Waals surface area contributed by atoms with Crippen molar-refractivity contribution in [3.63, 3.8) is 0 Å². The van der Waals surface area contributed by atoms with Crippen molar-refractivity contribution in [3.05, 3.63) is 36.2 Å². The zero-order valence-electron chi connectivity index (χ0n) is 5.95. The molecule has 1 rings (SSSR count). The normalized spacial score (nSPS) is 15.1. The van der Waals surface area contributed by atoms with Gasteiger partial charge < -0.3 is 10.4 Å². The quantitative estimate of drug-likeness (QED) is 0.619. The van der Waals surface area contributed by atoms with E-state index in [0.717, 1.165) is 5.57 Å². The number of hydrogen-bond donors (Lipinski definition) is 2. The van der Waals surface area contributed by atoms with Crippen LogP contribution in [0.25, 0.3) is 0 Å². The lowest BCUT2D eigenvalue weighted by Gasteiger charge is -1.94. The lowest BCUT2D eigenvalue weighted by molar-refractivity contribution is -0.136. The Labute approximate surface area is 64.7 Å². The van der Waals surface area contributed by atoms with Gasteiger partial charge >= 0.3 is 5.97 Å². The fourth-order valence-electron chi connectivity index (χ4n) is 0.778. The van der Waals surface area contributed by atoms with Gasteiger partial charge in [-0.05, 0) is 11.6 Å². The Hall–Kier alpha value is -1.51. The molecule has 0 saturated heterocycles. The number of carboxylic acids is 1. The van der Waals surface area contributed by atoms with Gasteiger partial charge in [0.25, 0.3) is 0 Å². The highest BCUT2D eigenvalue weighted by molar-refractivity contribution is 5.71. The van der Waals surface area contributed by atoms with Gasteiger partial charge in [0.05, 0.1) is 6.42 Å². The van der Waals surface area contributed by atoms with Crippen molar-refractivity contribution in [2.75, 3.05) is 0 Å². The van der Waals surface area contributed by atoms with Gasteiger partial charge in [0.1, 0.15) is 0 Å². The van der Waals surface area contributed by atoms with Crippen LogP contribution in [0.3, 0.4) is 0 Å². The number of allylic oxidation sites excluding steroid dienone is 3. The molecule has 0 unspecified atom stereocenters. The van der Waals surface area contributed by atoms with Crippen LogP contribution in [0.4, 0.5) is 0 Å². The van der Waals surface area contributed by atoms with Gasteiger partial charge in [-0.3, -0.25) is 4.79 Å². The van der Waals surface area contributed by atoms with Crippen LogP contribution in [0.1, 0.15) is 6.42 Å². The fraction of sp³-hybridized carbons (Fsp3) is 0.125. The summed E-state index contributed by atoms with van der Waals surface area (Å²) < 4.78 is 0. The molecule has 0 amide bonds. The zero-order chi connectivity index (χ0) is 8.10. The van der Waals surface area contributed by atoms with Crippen molar-refractivity contribution in [2.24, 2.45) is 0 Å². The number of aliphatic carboxylic acids is 1. The highest BCUT2D eigenvalue weighted by atomic mass is 16.4. The molecule has 2 N–H and O–H groups in total. The number of nitrogens with one attached hydrogen (secondary N) is 1. The molecule has 1 aliphatic rings. The van der Waals surface area contributed by atoms with Crippen molar-refractivity contribution in [3.8, 4) is 0 Å². The fourth-order valence-corrected chi connectivity index (χ4v) is 0.778. The predicted octanol–water partition coefficient (Wildman–Crippen LogP) is 1.02. The van der Waals surface area contributed by atoms with Gasteiger partial charge in [-0.1, -0.05) is 12.2 Å². The summed E-state index contributed by atoms with van der Waals surface area (Å²) in [6.45, 7) is 0. The molecular weight excluding hydrogens is 142 g/mol. The summed E-state index contributed by atoms with van der Waals surface area (Å²) in [5, 5.41) is 11.3. The SMILES string of the molecule is O=C(O)CC1=CNC=CC=C1. The van der Waals surface area contributed by atoms with Crippen LogP contribution in [0.2, 0.25) is 0 Å². The van der Waals surface area contributed by atoms with E-state index in [9.17, 15) is 4.79 Å². The van der Waals surface area contributed by atoms with Crippen molar-refractivity contribution in [2.45, 2.75) is 6.42 Å². The Morgan fingerprint density at radius 2 is 2.36 bits per heavy atom. The smallest absolute Gasteiger partial charge is 0.307 e. The summed E-state index contributed by atoms with van der Waals surface area (Å²) in [4.78, 5) is 10.3. The molecule has 0 atom stereocenters. The molecule has 3 nitrogen and oxygen atoms in total. The van der Waals surface area contributed by atoms with Crippen LogP contribution >= 0.6 is 0 Å². The summed E-state index contributed by atoms with van der Waals surface area (Å²) in [6, 6.07) is 0. The third-order valence-corrected chi connectivity index (χ3v) is 1.24. The van der Waals surface area contributed by atoms with Gasteiger partial charge in [0.2, 0.25) is 0 Å². The Balaban J connectivity index is 2.58. The third-order valence-electron chi connectivity index (χ3n) is 1.24. The van der Waals surface area contributed by atoms with E-state index in [1.807, 2.05) is 6.08 Å². The topological polar surface area (TPSA) is 49.3 Å². The average Bonchev–Trinajstić information content (AvgIpc) is 2.14. The average molecular weight is 151 g/mol. The molecule has 0 radical (unpaired) electrons. The summed E-state index contributed by atoms with van der Waals surface area (Å²) in [5.41, 5.74) is 0.766. The molecular formula is C8H9NO2. The Bertz CT molecular complexity index is 238. The summed E-state index contributed by atoms with van der Waals surface area (Å²) in [7, 11) is 0. The molecule has 0 aromatic heterocycles. The third kappa shape index (κ3) is 2.71. The largest absolute Gasteiger partial charge is 0.481 e. The second-order valence-electron chi connectivity index (χ2n) is 2.17. The van der Waals surface area contributed by atoms with E-state index >= 15 is 0 Å². The lowest BCUT2D eigenvalue weighted by Crippen LogP contribution is -1.99. The molecule has 0 fully saturated rings. The second-order valence-corrected chi connectivity index (χ2v) is 2.17. The number of rotatable bonds is 2. The van der Waals surface area contributed by atoms with Gasteiger partial charge in [-0.2, -0.15) is 0 Å². The van der Waals surface area contributed by atoms with Gasteiger partial charge in [-0.15, -0.1) is 0 Å². The van der Waals surface area contributed by atoms with E-state index in [-0.39, 0.29) is 6.42 Å². The molecule has 11 heavy (non-hydrogen) atoms. The molecule has 0 aromatic carbocycles. The van der Waals surface area contributed by atoms with Crippen molar-refractivity contribution in [1.29, 1.82) is 0 Å². The predicted molar refractivity (Wildman–Crippen MR) is 41.8 cm³/mol. The van der Waals surface area contributed by atoms with E-state index in [1.165, 1.54) is 0 Å². The monoisotopic (exact) mass is 151 g/mol. The van der Waals surface area contributed by atoms with E-state index in [2.05, 4.69) is 5.32 Å². The summed E-state index contributed by atoms with van der Waals surface area (Å²) in [5.74, 6) is -0.815. The number of hydrogen-bond acceptors (Lipinski definition) is 2. The standard InChI is InChI=1S/C8H9NO2/c10-8(11)5-7-3-1-2-4-9-6-7/h1-4,6,9H,5H2,(H,10,11). The van der Waals surface area contributed by atoms with Crippen LogP contribution in [-0.4, -0.2) is 11.1 Å². The van der Waals surface area contributed by atoms with Crippen LogP contribution in [0, 0.1) is 0 Å². The first-order chi connectivity index (χ1) is 5.29. The molecule has 1 heterocycles. The van der Waals surface area contributed by atoms with E-state index in [4.69, 9.17) is 5.11 Å². The molecule has 1 aliphatic heterocycles. The van der Waals surface area contributed by atoms with Gasteiger partial charge in [-0.25, -0.2) is 0 Å². The maximum Gasteiger partial charge on any atom is 0.307 e. The Kier molecular flexibility index (Phi) is 2.49. The van der Waals surface area contributed by atoms with Crippen molar-refractivity contribution < 1.29 is 9.90 Å². The van der Waals surface area contributed by atoms with Gasteiger partial charge in [0.15, 0.2) is 0 Å². The van der Waals surface area contributed by atoms with E-state index < -0.39 is 5.97 Å². The van der Waals surface area contributed by atoms with E-state index in [0.29, 0.717) is 0 Å². The summed E-state index contributed by atoms with van der Waals surface area (Å²) >= 11 is 0. The number of carboxylic acid groups (broad SMARTS) is 1. The van der Waals surface area contributed by atoms with Crippen molar-refractivity contribution >= 4 is 5.97 Å². The second kappa shape index (κ2) is 3.61. The minimum absolute atomic E-state index is 0.0607. The minimum atomic E-state index is -0.815. The van der Waals surface area contributed by atoms with E-state index in [1.54, 1.807) is 24.6 Å². The summed E-state index contributed by atoms with van der Waals surface area (Å²) in [6.07, 6.45) is 8.86. The molecule has 0 aliphatic carbocycles. The first-order valence-corrected chi connectivity index (χ1v) is 3.29. The highest BCUT2D eigenvalue weighted by Crippen LogP contribution is 2.03. The highest BCUT2D eigenvalue weighted by Gasteiger charge is 1.99. The van der Waals surface area contributed by atoms with Crippen molar-refractivity contribution in [1.82, 2.24) is 5.32 Å². The molecule has 0 aromatic rings. The zero-order valence-corrected chi connectivity index (χ0v) is 5.95. The van der Waals surface area contributed by atoms with Crippen LogP contribution < -0.4 is 5.32 Å². The van der Waals surface area contributed by atoms with Crippen LogP contribution in [0.15, 0.2) is 36.2 Å². The van der Waals surface area contributed by atoms with Gasteiger partial charge in [0, 0.05) is 12.4 Å². The van der Waals surface area contributed by atoms with Crippen LogP contribution in [0.5, 0.6) is 0 Å². The molecule has 0 saturated carbocycles. The number of carbonyl (C=O) groups is 1. The Morgan fingerprint density at radius 1 is 1.55 bits per heavy atom. The minimum Gasteiger partial charge on any atom is -0.481 e. The Morgan fingerprint density at radius 3 is 3.09 bits per heavy atom. The molecule has 0 spiro atoms. The van der Waals surface area contributed by atoms with Crippen LogP contribution in [-0.2, 0) is 4.79 Å². The first kappa shape index (κ1) is 7.60. The molecule has 58 valence electrons. The maximum atomic E-state index is 10.3. The maximum absolute atomic E-state index is 10.3.